The molecule has 1 fully saturated rings. The second-order valence-electron chi connectivity index (χ2n) is 5.30. The fraction of sp³-hybridized carbons (Fsp3) is 0.375. The van der Waals surface area contributed by atoms with E-state index in [1.165, 1.54) is 30.4 Å². The second-order valence-corrected chi connectivity index (χ2v) is 5.66. The van der Waals surface area contributed by atoms with Crippen molar-refractivity contribution in [2.45, 2.75) is 39.0 Å². The zero-order valence-electron chi connectivity index (χ0n) is 11.3. The summed E-state index contributed by atoms with van der Waals surface area (Å²) in [7, 11) is 0. The third kappa shape index (κ3) is 2.14. The van der Waals surface area contributed by atoms with Gasteiger partial charge in [0.2, 0.25) is 0 Å². The van der Waals surface area contributed by atoms with Crippen LogP contribution in [-0.2, 0) is 0 Å². The van der Waals surface area contributed by atoms with E-state index in [-0.39, 0.29) is 0 Å². The minimum atomic E-state index is 0.502. The van der Waals surface area contributed by atoms with Crippen molar-refractivity contribution in [3.05, 3.63) is 46.1 Å². The Morgan fingerprint density at radius 2 is 1.79 bits per heavy atom. The van der Waals surface area contributed by atoms with Crippen LogP contribution < -0.4 is 0 Å². The molecule has 0 unspecified atom stereocenters. The first kappa shape index (κ1) is 12.6. The average Bonchev–Trinajstić information content (AvgIpc) is 2.35. The lowest BCUT2D eigenvalue weighted by Gasteiger charge is -2.28. The van der Waals surface area contributed by atoms with Gasteiger partial charge in [0.25, 0.3) is 0 Å². The van der Waals surface area contributed by atoms with Crippen LogP contribution in [0.25, 0.3) is 11.3 Å². The van der Waals surface area contributed by atoms with Gasteiger partial charge in [-0.15, -0.1) is 10.2 Å². The van der Waals surface area contributed by atoms with E-state index in [9.17, 15) is 0 Å². The van der Waals surface area contributed by atoms with Gasteiger partial charge in [-0.2, -0.15) is 0 Å². The Morgan fingerprint density at radius 3 is 2.47 bits per heavy atom. The standard InChI is InChI=1S/C16H17ClN2/c1-10-11(2)16(17)19-18-15(10)14-9-4-3-8-13(14)12-6-5-7-12/h3-4,8-9,12H,5-7H2,1-2H3. The van der Waals surface area contributed by atoms with Gasteiger partial charge >= 0.3 is 0 Å². The van der Waals surface area contributed by atoms with E-state index < -0.39 is 0 Å². The highest BCUT2D eigenvalue weighted by molar-refractivity contribution is 6.30. The highest BCUT2D eigenvalue weighted by Crippen LogP contribution is 2.41. The molecule has 1 aliphatic rings. The zero-order valence-corrected chi connectivity index (χ0v) is 12.0. The molecule has 0 radical (unpaired) electrons. The van der Waals surface area contributed by atoms with E-state index in [2.05, 4.69) is 41.4 Å². The van der Waals surface area contributed by atoms with Crippen molar-refractivity contribution in [2.75, 3.05) is 0 Å². The van der Waals surface area contributed by atoms with Gasteiger partial charge in [0.05, 0.1) is 5.69 Å². The van der Waals surface area contributed by atoms with Crippen LogP contribution in [-0.4, -0.2) is 10.2 Å². The molecule has 0 spiro atoms. The highest BCUT2D eigenvalue weighted by Gasteiger charge is 2.23. The number of nitrogens with zero attached hydrogens (tertiary/aromatic N) is 2. The van der Waals surface area contributed by atoms with Crippen molar-refractivity contribution in [3.63, 3.8) is 0 Å². The third-order valence-corrected chi connectivity index (χ3v) is 4.58. The molecule has 0 aliphatic heterocycles. The molecule has 1 aliphatic carbocycles. The number of benzene rings is 1. The van der Waals surface area contributed by atoms with E-state index >= 15 is 0 Å². The van der Waals surface area contributed by atoms with Gasteiger partial charge < -0.3 is 0 Å². The first-order chi connectivity index (χ1) is 9.18. The smallest absolute Gasteiger partial charge is 0.149 e. The van der Waals surface area contributed by atoms with Crippen molar-refractivity contribution in [2.24, 2.45) is 0 Å². The summed E-state index contributed by atoms with van der Waals surface area (Å²) < 4.78 is 0. The Bertz CT molecular complexity index is 618. The van der Waals surface area contributed by atoms with E-state index in [0.717, 1.165) is 16.8 Å². The van der Waals surface area contributed by atoms with Crippen LogP contribution in [0.1, 0.15) is 41.9 Å². The van der Waals surface area contributed by atoms with Gasteiger partial charge in [-0.1, -0.05) is 42.3 Å². The van der Waals surface area contributed by atoms with Gasteiger partial charge in [-0.25, -0.2) is 0 Å². The van der Waals surface area contributed by atoms with E-state index in [0.29, 0.717) is 11.1 Å². The molecule has 98 valence electrons. The number of halogens is 1. The zero-order chi connectivity index (χ0) is 13.4. The fourth-order valence-electron chi connectivity index (χ4n) is 2.62. The lowest BCUT2D eigenvalue weighted by Crippen LogP contribution is -2.10. The van der Waals surface area contributed by atoms with Gasteiger partial charge in [0, 0.05) is 5.56 Å². The summed E-state index contributed by atoms with van der Waals surface area (Å²) in [5.41, 5.74) is 5.76. The molecular formula is C16H17ClN2. The molecular weight excluding hydrogens is 256 g/mol. The molecule has 19 heavy (non-hydrogen) atoms. The van der Waals surface area contributed by atoms with Gasteiger partial charge in [-0.05, 0) is 49.3 Å². The summed E-state index contributed by atoms with van der Waals surface area (Å²) in [6, 6.07) is 8.56. The molecule has 0 N–H and O–H groups in total. The third-order valence-electron chi connectivity index (χ3n) is 4.23. The number of hydrogen-bond donors (Lipinski definition) is 0. The number of hydrogen-bond acceptors (Lipinski definition) is 2. The Hall–Kier alpha value is -1.41. The summed E-state index contributed by atoms with van der Waals surface area (Å²) in [6.45, 7) is 4.07. The van der Waals surface area contributed by atoms with Crippen LogP contribution in [0.4, 0.5) is 0 Å². The van der Waals surface area contributed by atoms with Crippen LogP contribution in [0.15, 0.2) is 24.3 Å². The summed E-state index contributed by atoms with van der Waals surface area (Å²) >= 11 is 6.04. The molecule has 1 aromatic heterocycles. The number of aromatic nitrogens is 2. The SMILES string of the molecule is Cc1c(Cl)nnc(-c2ccccc2C2CCC2)c1C. The van der Waals surface area contributed by atoms with Gasteiger partial charge in [-0.3, -0.25) is 0 Å². The minimum absolute atomic E-state index is 0.502. The van der Waals surface area contributed by atoms with Crippen molar-refractivity contribution in [3.8, 4) is 11.3 Å². The maximum Gasteiger partial charge on any atom is 0.154 e. The molecule has 0 saturated heterocycles. The van der Waals surface area contributed by atoms with Crippen LogP contribution >= 0.6 is 11.6 Å². The normalized spacial score (nSPS) is 15.3. The predicted molar refractivity (Wildman–Crippen MR) is 78.5 cm³/mol. The van der Waals surface area contributed by atoms with E-state index in [1.54, 1.807) is 0 Å². The summed E-state index contributed by atoms with van der Waals surface area (Å²) in [5, 5.41) is 8.91. The summed E-state index contributed by atoms with van der Waals surface area (Å²) in [4.78, 5) is 0. The summed E-state index contributed by atoms with van der Waals surface area (Å²) in [6.07, 6.45) is 3.91. The van der Waals surface area contributed by atoms with Gasteiger partial charge in [0.15, 0.2) is 5.15 Å². The molecule has 3 heteroatoms. The maximum absolute atomic E-state index is 6.04. The van der Waals surface area contributed by atoms with Crippen molar-refractivity contribution in [1.82, 2.24) is 10.2 Å². The summed E-state index contributed by atoms with van der Waals surface area (Å²) in [5.74, 6) is 0.688. The van der Waals surface area contributed by atoms with E-state index in [4.69, 9.17) is 11.6 Å². The van der Waals surface area contributed by atoms with Crippen LogP contribution in [0.2, 0.25) is 5.15 Å². The first-order valence-corrected chi connectivity index (χ1v) is 7.15. The second kappa shape index (κ2) is 4.93. The Kier molecular flexibility index (Phi) is 3.28. The Balaban J connectivity index is 2.14. The molecule has 0 atom stereocenters. The molecule has 1 heterocycles. The van der Waals surface area contributed by atoms with Crippen LogP contribution in [0, 0.1) is 13.8 Å². The highest BCUT2D eigenvalue weighted by atomic mass is 35.5. The molecule has 1 aromatic carbocycles. The Morgan fingerprint density at radius 1 is 1.05 bits per heavy atom. The molecule has 1 saturated carbocycles. The van der Waals surface area contributed by atoms with Crippen LogP contribution in [0.3, 0.4) is 0 Å². The topological polar surface area (TPSA) is 25.8 Å². The minimum Gasteiger partial charge on any atom is -0.149 e. The average molecular weight is 273 g/mol. The predicted octanol–water partition coefficient (Wildman–Crippen LogP) is 4.68. The molecule has 0 bridgehead atoms. The fourth-order valence-corrected chi connectivity index (χ4v) is 2.80. The lowest BCUT2D eigenvalue weighted by atomic mass is 9.77. The maximum atomic E-state index is 6.04. The monoisotopic (exact) mass is 272 g/mol. The molecule has 3 rings (SSSR count). The lowest BCUT2D eigenvalue weighted by molar-refractivity contribution is 0.420. The molecule has 2 nitrogen and oxygen atoms in total. The van der Waals surface area contributed by atoms with Crippen LogP contribution in [0.5, 0.6) is 0 Å². The van der Waals surface area contributed by atoms with Crippen molar-refractivity contribution >= 4 is 11.6 Å². The van der Waals surface area contributed by atoms with Gasteiger partial charge in [0.1, 0.15) is 0 Å². The van der Waals surface area contributed by atoms with Crippen molar-refractivity contribution < 1.29 is 0 Å². The number of rotatable bonds is 2. The van der Waals surface area contributed by atoms with E-state index in [1.807, 2.05) is 6.92 Å². The first-order valence-electron chi connectivity index (χ1n) is 6.77. The Labute approximate surface area is 118 Å². The quantitative estimate of drug-likeness (QED) is 0.793. The molecule has 2 aromatic rings. The molecule has 0 amide bonds. The largest absolute Gasteiger partial charge is 0.154 e. The van der Waals surface area contributed by atoms with Crippen molar-refractivity contribution in [1.29, 1.82) is 0 Å².